The average Bonchev–Trinajstić information content (AvgIpc) is 2.85. The van der Waals surface area contributed by atoms with Crippen LogP contribution in [-0.4, -0.2) is 35.9 Å². The summed E-state index contributed by atoms with van der Waals surface area (Å²) in [5, 5.41) is 3.04. The van der Waals surface area contributed by atoms with Gasteiger partial charge >= 0.3 is 0 Å². The third kappa shape index (κ3) is 8.29. The third-order valence-corrected chi connectivity index (χ3v) is 5.78. The normalized spacial score (nSPS) is 11.7. The summed E-state index contributed by atoms with van der Waals surface area (Å²) in [5.74, 6) is 0.561. The maximum atomic E-state index is 13.6. The first-order chi connectivity index (χ1) is 16.8. The van der Waals surface area contributed by atoms with Gasteiger partial charge < -0.3 is 15.0 Å². The Labute approximate surface area is 209 Å². The Morgan fingerprint density at radius 2 is 1.57 bits per heavy atom. The minimum atomic E-state index is -0.661. The van der Waals surface area contributed by atoms with Crippen LogP contribution in [0.15, 0.2) is 78.9 Å². The van der Waals surface area contributed by atoms with Gasteiger partial charge in [0.2, 0.25) is 5.91 Å². The van der Waals surface area contributed by atoms with Crippen molar-refractivity contribution in [2.24, 2.45) is 5.92 Å². The van der Waals surface area contributed by atoms with Gasteiger partial charge in [0.15, 0.2) is 6.61 Å². The van der Waals surface area contributed by atoms with Gasteiger partial charge in [-0.25, -0.2) is 0 Å². The van der Waals surface area contributed by atoms with E-state index in [0.717, 1.165) is 22.3 Å². The molecular weight excluding hydrogens is 436 g/mol. The van der Waals surface area contributed by atoms with Gasteiger partial charge in [0.1, 0.15) is 11.8 Å². The number of aryl methyl sites for hydroxylation is 2. The monoisotopic (exact) mass is 472 g/mol. The van der Waals surface area contributed by atoms with E-state index in [1.807, 2.05) is 92.7 Å². The van der Waals surface area contributed by atoms with Crippen molar-refractivity contribution < 1.29 is 14.3 Å². The summed E-state index contributed by atoms with van der Waals surface area (Å²) in [4.78, 5) is 28.6. The number of amides is 2. The molecule has 3 rings (SSSR count). The van der Waals surface area contributed by atoms with Gasteiger partial charge in [0.25, 0.3) is 5.91 Å². The van der Waals surface area contributed by atoms with Gasteiger partial charge in [0.05, 0.1) is 0 Å². The molecule has 0 saturated carbocycles. The molecule has 0 fully saturated rings. The first kappa shape index (κ1) is 26.0. The number of ether oxygens (including phenoxy) is 1. The highest BCUT2D eigenvalue weighted by Crippen LogP contribution is 2.17. The van der Waals surface area contributed by atoms with Crippen molar-refractivity contribution in [2.45, 2.75) is 46.7 Å². The number of benzene rings is 3. The highest BCUT2D eigenvalue weighted by Gasteiger charge is 2.30. The fourth-order valence-electron chi connectivity index (χ4n) is 3.80. The maximum absolute atomic E-state index is 13.6. The summed E-state index contributed by atoms with van der Waals surface area (Å²) in [6.45, 7) is 8.85. The topological polar surface area (TPSA) is 58.6 Å². The second kappa shape index (κ2) is 12.7. The lowest BCUT2D eigenvalue weighted by Crippen LogP contribution is -2.52. The van der Waals surface area contributed by atoms with Crippen LogP contribution < -0.4 is 10.1 Å². The SMILES string of the molecule is Cc1ccc(CN(C(=O)COc2cccc(C)c2)[C@H](Cc2ccccc2)C(=O)NCC(C)C)cc1. The molecule has 0 bridgehead atoms. The molecule has 0 aliphatic carbocycles. The number of carbonyl (C=O) groups excluding carboxylic acids is 2. The number of rotatable bonds is 11. The average molecular weight is 473 g/mol. The standard InChI is InChI=1S/C30H36N2O3/c1-22(2)19-31-30(34)28(18-25-10-6-5-7-11-25)32(20-26-15-13-23(3)14-16-26)29(33)21-35-27-12-8-9-24(4)17-27/h5-17,22,28H,18-21H2,1-4H3,(H,31,34)/t28-/m1/s1. The molecule has 0 radical (unpaired) electrons. The Balaban J connectivity index is 1.89. The van der Waals surface area contributed by atoms with E-state index in [1.165, 1.54) is 0 Å². The zero-order chi connectivity index (χ0) is 25.2. The lowest BCUT2D eigenvalue weighted by atomic mass is 10.0. The van der Waals surface area contributed by atoms with E-state index in [9.17, 15) is 9.59 Å². The number of carbonyl (C=O) groups is 2. The van der Waals surface area contributed by atoms with Gasteiger partial charge in [0, 0.05) is 19.5 Å². The largest absolute Gasteiger partial charge is 0.484 e. The van der Waals surface area contributed by atoms with Crippen LogP contribution in [0.4, 0.5) is 0 Å². The smallest absolute Gasteiger partial charge is 0.261 e. The quantitative estimate of drug-likeness (QED) is 0.423. The zero-order valence-electron chi connectivity index (χ0n) is 21.2. The van der Waals surface area contributed by atoms with E-state index in [1.54, 1.807) is 4.90 Å². The van der Waals surface area contributed by atoms with Crippen LogP contribution in [-0.2, 0) is 22.6 Å². The molecule has 0 heterocycles. The molecule has 1 atom stereocenters. The van der Waals surface area contributed by atoms with Gasteiger partial charge in [-0.3, -0.25) is 9.59 Å². The highest BCUT2D eigenvalue weighted by molar-refractivity contribution is 5.88. The van der Waals surface area contributed by atoms with Crippen molar-refractivity contribution in [3.63, 3.8) is 0 Å². The maximum Gasteiger partial charge on any atom is 0.261 e. The van der Waals surface area contributed by atoms with Gasteiger partial charge in [-0.1, -0.05) is 86.1 Å². The predicted molar refractivity (Wildman–Crippen MR) is 140 cm³/mol. The molecule has 35 heavy (non-hydrogen) atoms. The molecule has 0 unspecified atom stereocenters. The Hall–Kier alpha value is -3.60. The fourth-order valence-corrected chi connectivity index (χ4v) is 3.80. The molecule has 2 amide bonds. The Morgan fingerprint density at radius 3 is 2.23 bits per heavy atom. The van der Waals surface area contributed by atoms with Crippen molar-refractivity contribution in [3.05, 3.63) is 101 Å². The minimum absolute atomic E-state index is 0.141. The second-order valence-corrected chi connectivity index (χ2v) is 9.46. The van der Waals surface area contributed by atoms with Crippen molar-refractivity contribution in [3.8, 4) is 5.75 Å². The van der Waals surface area contributed by atoms with E-state index >= 15 is 0 Å². The molecule has 1 N–H and O–H groups in total. The summed E-state index contributed by atoms with van der Waals surface area (Å²) in [7, 11) is 0. The van der Waals surface area contributed by atoms with Crippen molar-refractivity contribution >= 4 is 11.8 Å². The Kier molecular flexibility index (Phi) is 9.47. The van der Waals surface area contributed by atoms with Crippen LogP contribution in [0.2, 0.25) is 0 Å². The predicted octanol–water partition coefficient (Wildman–Crippen LogP) is 5.09. The van der Waals surface area contributed by atoms with Crippen molar-refractivity contribution in [2.75, 3.05) is 13.2 Å². The Morgan fingerprint density at radius 1 is 0.857 bits per heavy atom. The molecule has 3 aromatic carbocycles. The van der Waals surface area contributed by atoms with Crippen LogP contribution >= 0.6 is 0 Å². The molecular formula is C30H36N2O3. The van der Waals surface area contributed by atoms with Crippen LogP contribution in [0.5, 0.6) is 5.75 Å². The molecule has 0 aliphatic heterocycles. The third-order valence-electron chi connectivity index (χ3n) is 5.78. The summed E-state index contributed by atoms with van der Waals surface area (Å²) in [6.07, 6.45) is 0.423. The molecule has 184 valence electrons. The van der Waals surface area contributed by atoms with Gasteiger partial charge in [-0.05, 0) is 48.6 Å². The number of nitrogens with zero attached hydrogens (tertiary/aromatic N) is 1. The van der Waals surface area contributed by atoms with Crippen molar-refractivity contribution in [1.29, 1.82) is 0 Å². The lowest BCUT2D eigenvalue weighted by Gasteiger charge is -2.31. The van der Waals surface area contributed by atoms with Crippen LogP contribution in [0.1, 0.15) is 36.1 Å². The van der Waals surface area contributed by atoms with E-state index in [4.69, 9.17) is 4.74 Å². The minimum Gasteiger partial charge on any atom is -0.484 e. The fraction of sp³-hybridized carbons (Fsp3) is 0.333. The van der Waals surface area contributed by atoms with E-state index < -0.39 is 6.04 Å². The molecule has 5 heteroatoms. The summed E-state index contributed by atoms with van der Waals surface area (Å²) >= 11 is 0. The van der Waals surface area contributed by atoms with Crippen molar-refractivity contribution in [1.82, 2.24) is 10.2 Å². The number of nitrogens with one attached hydrogen (secondary N) is 1. The number of hydrogen-bond acceptors (Lipinski definition) is 3. The summed E-state index contributed by atoms with van der Waals surface area (Å²) in [5.41, 5.74) is 4.17. The molecule has 3 aromatic rings. The molecule has 0 aromatic heterocycles. The molecule has 5 nitrogen and oxygen atoms in total. The molecule has 0 spiro atoms. The summed E-state index contributed by atoms with van der Waals surface area (Å²) < 4.78 is 5.84. The van der Waals surface area contributed by atoms with Gasteiger partial charge in [-0.2, -0.15) is 0 Å². The lowest BCUT2D eigenvalue weighted by molar-refractivity contribution is -0.142. The number of hydrogen-bond donors (Lipinski definition) is 1. The van der Waals surface area contributed by atoms with E-state index in [2.05, 4.69) is 19.2 Å². The zero-order valence-corrected chi connectivity index (χ0v) is 21.2. The van der Waals surface area contributed by atoms with E-state index in [0.29, 0.717) is 31.2 Å². The second-order valence-electron chi connectivity index (χ2n) is 9.46. The summed E-state index contributed by atoms with van der Waals surface area (Å²) in [6, 6.07) is 24.8. The first-order valence-electron chi connectivity index (χ1n) is 12.2. The molecule has 0 saturated heterocycles. The first-order valence-corrected chi connectivity index (χ1v) is 12.2. The highest BCUT2D eigenvalue weighted by atomic mass is 16.5. The van der Waals surface area contributed by atoms with Gasteiger partial charge in [-0.15, -0.1) is 0 Å². The Bertz CT molecular complexity index is 1090. The molecule has 0 aliphatic rings. The van der Waals surface area contributed by atoms with Crippen LogP contribution in [0.25, 0.3) is 0 Å². The van der Waals surface area contributed by atoms with Crippen LogP contribution in [0.3, 0.4) is 0 Å². The van der Waals surface area contributed by atoms with Crippen LogP contribution in [0, 0.1) is 19.8 Å². The van der Waals surface area contributed by atoms with E-state index in [-0.39, 0.29) is 18.4 Å².